The highest BCUT2D eigenvalue weighted by Crippen LogP contribution is 2.20. The van der Waals surface area contributed by atoms with Crippen molar-refractivity contribution in [3.63, 3.8) is 0 Å². The first-order valence-electron chi connectivity index (χ1n) is 6.78. The zero-order chi connectivity index (χ0) is 13.0. The number of rotatable bonds is 3. The first-order valence-corrected chi connectivity index (χ1v) is 6.78. The summed E-state index contributed by atoms with van der Waals surface area (Å²) in [5.74, 6) is 0.0850. The summed E-state index contributed by atoms with van der Waals surface area (Å²) >= 11 is 0. The number of nitrogens with zero attached hydrogens (tertiary/aromatic N) is 1. The van der Waals surface area contributed by atoms with Crippen molar-refractivity contribution in [3.05, 3.63) is 35.9 Å². The Balaban J connectivity index is 1.90. The van der Waals surface area contributed by atoms with Crippen molar-refractivity contribution < 1.29 is 4.79 Å². The lowest BCUT2D eigenvalue weighted by Gasteiger charge is -2.38. The highest BCUT2D eigenvalue weighted by atomic mass is 16.2. The molecule has 0 spiro atoms. The van der Waals surface area contributed by atoms with Gasteiger partial charge in [0.25, 0.3) is 0 Å². The molecule has 2 atom stereocenters. The van der Waals surface area contributed by atoms with Crippen molar-refractivity contribution in [2.75, 3.05) is 0 Å². The molecular formula is C15H22N2O. The third-order valence-electron chi connectivity index (χ3n) is 3.65. The van der Waals surface area contributed by atoms with Gasteiger partial charge in [-0.3, -0.25) is 10.2 Å². The van der Waals surface area contributed by atoms with E-state index in [2.05, 4.69) is 24.3 Å². The van der Waals surface area contributed by atoms with Gasteiger partial charge in [0.2, 0.25) is 5.91 Å². The monoisotopic (exact) mass is 246 g/mol. The predicted molar refractivity (Wildman–Crippen MR) is 72.9 cm³/mol. The second kappa shape index (κ2) is 6.01. The van der Waals surface area contributed by atoms with Crippen LogP contribution in [-0.2, 0) is 11.2 Å². The van der Waals surface area contributed by atoms with Crippen LogP contribution in [0.5, 0.6) is 0 Å². The fourth-order valence-corrected chi connectivity index (χ4v) is 2.61. The number of nitrogens with one attached hydrogen (secondary N) is 1. The first-order chi connectivity index (χ1) is 8.66. The minimum absolute atomic E-state index is 0.0850. The minimum Gasteiger partial charge on any atom is -0.288 e. The molecule has 1 aromatic carbocycles. The van der Waals surface area contributed by atoms with Gasteiger partial charge < -0.3 is 0 Å². The standard InChI is InChI=1S/C15H22N2O/c1-12-7-6-8-13(2)17(12)16-15(18)11-14-9-4-3-5-10-14/h3-5,9-10,12-13H,6-8,11H2,1-2H3,(H,16,18)/t12-,13+. The third kappa shape index (κ3) is 3.33. The molecule has 1 N–H and O–H groups in total. The summed E-state index contributed by atoms with van der Waals surface area (Å²) in [6, 6.07) is 10.8. The lowest BCUT2D eigenvalue weighted by molar-refractivity contribution is -0.128. The summed E-state index contributed by atoms with van der Waals surface area (Å²) in [4.78, 5) is 12.0. The molecule has 3 nitrogen and oxygen atoms in total. The molecule has 1 fully saturated rings. The van der Waals surface area contributed by atoms with Crippen molar-refractivity contribution in [2.45, 2.75) is 51.6 Å². The summed E-state index contributed by atoms with van der Waals surface area (Å²) in [6.45, 7) is 4.36. The summed E-state index contributed by atoms with van der Waals surface area (Å²) < 4.78 is 0. The molecule has 98 valence electrons. The van der Waals surface area contributed by atoms with Crippen molar-refractivity contribution >= 4 is 5.91 Å². The number of carbonyl (C=O) groups is 1. The molecule has 1 aliphatic rings. The Bertz CT molecular complexity index is 381. The van der Waals surface area contributed by atoms with Crippen molar-refractivity contribution in [2.24, 2.45) is 0 Å². The lowest BCUT2D eigenvalue weighted by atomic mass is 10.00. The van der Waals surface area contributed by atoms with Crippen LogP contribution < -0.4 is 5.43 Å². The maximum absolute atomic E-state index is 12.0. The molecule has 3 heteroatoms. The van der Waals surface area contributed by atoms with Gasteiger partial charge in [-0.15, -0.1) is 0 Å². The van der Waals surface area contributed by atoms with Gasteiger partial charge in [0.15, 0.2) is 0 Å². The maximum atomic E-state index is 12.0. The molecule has 0 unspecified atom stereocenters. The second-order valence-electron chi connectivity index (χ2n) is 5.23. The molecule has 1 amide bonds. The molecule has 0 saturated carbocycles. The summed E-state index contributed by atoms with van der Waals surface area (Å²) in [6.07, 6.45) is 4.04. The molecule has 1 aromatic rings. The van der Waals surface area contributed by atoms with Crippen LogP contribution in [-0.4, -0.2) is 23.0 Å². The van der Waals surface area contributed by atoms with Crippen LogP contribution in [0.2, 0.25) is 0 Å². The Morgan fingerprint density at radius 1 is 1.22 bits per heavy atom. The van der Waals surface area contributed by atoms with E-state index in [4.69, 9.17) is 0 Å². The van der Waals surface area contributed by atoms with E-state index in [0.717, 1.165) is 18.4 Å². The van der Waals surface area contributed by atoms with Gasteiger partial charge in [0.1, 0.15) is 0 Å². The van der Waals surface area contributed by atoms with E-state index in [1.165, 1.54) is 6.42 Å². The highest BCUT2D eigenvalue weighted by molar-refractivity contribution is 5.78. The van der Waals surface area contributed by atoms with Gasteiger partial charge >= 0.3 is 0 Å². The number of benzene rings is 1. The van der Waals surface area contributed by atoms with E-state index in [-0.39, 0.29) is 5.91 Å². The van der Waals surface area contributed by atoms with E-state index in [1.54, 1.807) is 0 Å². The lowest BCUT2D eigenvalue weighted by Crippen LogP contribution is -2.54. The largest absolute Gasteiger partial charge is 0.288 e. The molecule has 0 bridgehead atoms. The van der Waals surface area contributed by atoms with Crippen LogP contribution in [0.1, 0.15) is 38.7 Å². The SMILES string of the molecule is C[C@@H]1CCC[C@H](C)N1NC(=O)Cc1ccccc1. The molecule has 0 aliphatic carbocycles. The smallest absolute Gasteiger partial charge is 0.238 e. The zero-order valence-corrected chi connectivity index (χ0v) is 11.2. The fraction of sp³-hybridized carbons (Fsp3) is 0.533. The van der Waals surface area contributed by atoms with E-state index >= 15 is 0 Å². The summed E-state index contributed by atoms with van der Waals surface area (Å²) in [5, 5.41) is 2.12. The van der Waals surface area contributed by atoms with Crippen molar-refractivity contribution in [1.82, 2.24) is 10.4 Å². The zero-order valence-electron chi connectivity index (χ0n) is 11.2. The third-order valence-corrected chi connectivity index (χ3v) is 3.65. The van der Waals surface area contributed by atoms with E-state index in [9.17, 15) is 4.79 Å². The molecule has 18 heavy (non-hydrogen) atoms. The van der Waals surface area contributed by atoms with E-state index in [0.29, 0.717) is 18.5 Å². The molecule has 1 aliphatic heterocycles. The van der Waals surface area contributed by atoms with Crippen molar-refractivity contribution in [3.8, 4) is 0 Å². The van der Waals surface area contributed by atoms with Gasteiger partial charge in [-0.25, -0.2) is 5.01 Å². The van der Waals surface area contributed by atoms with Crippen LogP contribution in [0.4, 0.5) is 0 Å². The van der Waals surface area contributed by atoms with Crippen LogP contribution in [0.25, 0.3) is 0 Å². The Kier molecular flexibility index (Phi) is 4.37. The minimum atomic E-state index is 0.0850. The van der Waals surface area contributed by atoms with E-state index in [1.807, 2.05) is 30.3 Å². The van der Waals surface area contributed by atoms with Gasteiger partial charge in [0.05, 0.1) is 6.42 Å². The number of hydrogen-bond donors (Lipinski definition) is 1. The Morgan fingerprint density at radius 3 is 2.44 bits per heavy atom. The molecule has 1 saturated heterocycles. The second-order valence-corrected chi connectivity index (χ2v) is 5.23. The predicted octanol–water partition coefficient (Wildman–Crippen LogP) is 2.52. The number of amides is 1. The molecule has 0 aromatic heterocycles. The summed E-state index contributed by atoms with van der Waals surface area (Å²) in [5.41, 5.74) is 4.12. The van der Waals surface area contributed by atoms with Crippen LogP contribution in [0.3, 0.4) is 0 Å². The van der Waals surface area contributed by atoms with Gasteiger partial charge in [0, 0.05) is 12.1 Å². The molecule has 2 rings (SSSR count). The Hall–Kier alpha value is -1.35. The fourth-order valence-electron chi connectivity index (χ4n) is 2.61. The summed E-state index contributed by atoms with van der Waals surface area (Å²) in [7, 11) is 0. The number of hydrogen-bond acceptors (Lipinski definition) is 2. The number of hydrazine groups is 1. The topological polar surface area (TPSA) is 32.3 Å². The normalized spacial score (nSPS) is 24.8. The molecule has 1 heterocycles. The first kappa shape index (κ1) is 13.1. The van der Waals surface area contributed by atoms with Gasteiger partial charge in [-0.05, 0) is 32.3 Å². The molecule has 0 radical (unpaired) electrons. The van der Waals surface area contributed by atoms with Gasteiger partial charge in [-0.2, -0.15) is 0 Å². The average molecular weight is 246 g/mol. The maximum Gasteiger partial charge on any atom is 0.238 e. The quantitative estimate of drug-likeness (QED) is 0.889. The Labute approximate surface area is 109 Å². The van der Waals surface area contributed by atoms with Crippen LogP contribution in [0, 0.1) is 0 Å². The number of carbonyl (C=O) groups excluding carboxylic acids is 1. The Morgan fingerprint density at radius 2 is 1.83 bits per heavy atom. The van der Waals surface area contributed by atoms with E-state index < -0.39 is 0 Å². The van der Waals surface area contributed by atoms with Crippen LogP contribution in [0.15, 0.2) is 30.3 Å². The van der Waals surface area contributed by atoms with Crippen LogP contribution >= 0.6 is 0 Å². The van der Waals surface area contributed by atoms with Gasteiger partial charge in [-0.1, -0.05) is 36.8 Å². The highest BCUT2D eigenvalue weighted by Gasteiger charge is 2.25. The average Bonchev–Trinajstić information content (AvgIpc) is 2.35. The molecular weight excluding hydrogens is 224 g/mol. The number of piperidine rings is 1. The van der Waals surface area contributed by atoms with Crippen molar-refractivity contribution in [1.29, 1.82) is 0 Å².